The van der Waals surface area contributed by atoms with Gasteiger partial charge in [-0.1, -0.05) is 54.6 Å². The van der Waals surface area contributed by atoms with Gasteiger partial charge in [0, 0.05) is 18.7 Å². The molecule has 2 N–H and O–H groups in total. The highest BCUT2D eigenvalue weighted by Gasteiger charge is 2.74. The van der Waals surface area contributed by atoms with Gasteiger partial charge >= 0.3 is 5.97 Å². The van der Waals surface area contributed by atoms with Crippen LogP contribution in [0.3, 0.4) is 0 Å². The largest absolute Gasteiger partial charge is 0.497 e. The summed E-state index contributed by atoms with van der Waals surface area (Å²) >= 11 is 0. The second-order valence-corrected chi connectivity index (χ2v) is 12.2. The van der Waals surface area contributed by atoms with Crippen molar-refractivity contribution >= 4 is 29.4 Å². The van der Waals surface area contributed by atoms with Gasteiger partial charge in [-0.2, -0.15) is 0 Å². The zero-order chi connectivity index (χ0) is 32.4. The molecule has 2 aromatic rings. The Morgan fingerprint density at radius 3 is 2.52 bits per heavy atom. The molecule has 0 unspecified atom stereocenters. The van der Waals surface area contributed by atoms with Gasteiger partial charge in [0.25, 0.3) is 5.91 Å². The minimum absolute atomic E-state index is 0.119. The summed E-state index contributed by atoms with van der Waals surface area (Å²) in [6.07, 6.45) is 6.65. The highest BCUT2D eigenvalue weighted by molar-refractivity contribution is 6.05. The number of nitrogens with zero attached hydrogens (tertiary/aromatic N) is 2. The second-order valence-electron chi connectivity index (χ2n) is 12.2. The zero-order valence-corrected chi connectivity index (χ0v) is 25.9. The highest BCUT2D eigenvalue weighted by atomic mass is 16.6. The molecular formula is C35H39N3O8. The van der Waals surface area contributed by atoms with Crippen LogP contribution in [-0.2, 0) is 35.1 Å². The Hall–Kier alpha value is -4.48. The predicted molar refractivity (Wildman–Crippen MR) is 168 cm³/mol. The first-order valence-electron chi connectivity index (χ1n) is 15.7. The average Bonchev–Trinajstić information content (AvgIpc) is 3.71. The molecule has 7 atom stereocenters. The van der Waals surface area contributed by atoms with Gasteiger partial charge in [0.1, 0.15) is 29.4 Å². The Kier molecular flexibility index (Phi) is 8.97. The van der Waals surface area contributed by atoms with Crippen molar-refractivity contribution < 1.29 is 38.5 Å². The van der Waals surface area contributed by atoms with Gasteiger partial charge in [0.15, 0.2) is 0 Å². The maximum atomic E-state index is 15.0. The lowest BCUT2D eigenvalue weighted by Gasteiger charge is -2.39. The Morgan fingerprint density at radius 2 is 1.80 bits per heavy atom. The molecule has 2 fully saturated rings. The molecule has 0 saturated carbocycles. The number of methoxy groups -OCH3 is 1. The number of aliphatic hydroxyl groups is 1. The van der Waals surface area contributed by atoms with E-state index in [4.69, 9.17) is 14.2 Å². The summed E-state index contributed by atoms with van der Waals surface area (Å²) in [5.74, 6) is -3.13. The molecule has 3 amide bonds. The molecule has 6 rings (SSSR count). The van der Waals surface area contributed by atoms with E-state index in [-0.39, 0.29) is 31.8 Å². The number of fused-ring (bicyclic) bond motifs is 2. The number of cyclic esters (lactones) is 1. The van der Waals surface area contributed by atoms with E-state index in [2.05, 4.69) is 5.32 Å². The fourth-order valence-corrected chi connectivity index (χ4v) is 7.10. The summed E-state index contributed by atoms with van der Waals surface area (Å²) in [6.45, 7) is 1.53. The van der Waals surface area contributed by atoms with Crippen LogP contribution in [0.15, 0.2) is 78.9 Å². The summed E-state index contributed by atoms with van der Waals surface area (Å²) in [7, 11) is 1.55. The van der Waals surface area contributed by atoms with E-state index in [1.165, 1.54) is 4.90 Å². The van der Waals surface area contributed by atoms with Crippen molar-refractivity contribution in [2.75, 3.05) is 31.7 Å². The molecular weight excluding hydrogens is 590 g/mol. The van der Waals surface area contributed by atoms with Crippen LogP contribution in [0.5, 0.6) is 5.75 Å². The van der Waals surface area contributed by atoms with Gasteiger partial charge in [0.05, 0.1) is 38.3 Å². The first kappa shape index (κ1) is 31.5. The number of carbonyl (C=O) groups excluding carboxylic acids is 4. The van der Waals surface area contributed by atoms with Crippen LogP contribution in [0, 0.1) is 11.8 Å². The lowest BCUT2D eigenvalue weighted by Crippen LogP contribution is -2.59. The molecule has 5 bridgehead atoms. The van der Waals surface area contributed by atoms with E-state index >= 15 is 0 Å². The molecule has 4 aliphatic rings. The van der Waals surface area contributed by atoms with E-state index in [0.717, 1.165) is 5.56 Å². The minimum atomic E-state index is -1.45. The van der Waals surface area contributed by atoms with Crippen molar-refractivity contribution in [3.63, 3.8) is 0 Å². The number of benzene rings is 2. The van der Waals surface area contributed by atoms with E-state index in [1.807, 2.05) is 42.5 Å². The summed E-state index contributed by atoms with van der Waals surface area (Å²) in [5.41, 5.74) is -0.0118. The van der Waals surface area contributed by atoms with Gasteiger partial charge in [-0.25, -0.2) is 0 Å². The second kappa shape index (κ2) is 13.1. The van der Waals surface area contributed by atoms with Crippen molar-refractivity contribution in [2.24, 2.45) is 11.8 Å². The molecule has 0 aliphatic carbocycles. The molecule has 2 saturated heterocycles. The summed E-state index contributed by atoms with van der Waals surface area (Å²) in [6, 6.07) is 14.5. The fraction of sp³-hybridized carbons (Fsp3) is 0.429. The topological polar surface area (TPSA) is 135 Å². The number of esters is 1. The number of rotatable bonds is 6. The molecule has 2 aromatic carbocycles. The number of hydrogen-bond donors (Lipinski definition) is 2. The van der Waals surface area contributed by atoms with Crippen LogP contribution in [0.2, 0.25) is 0 Å². The number of anilines is 1. The van der Waals surface area contributed by atoms with Gasteiger partial charge in [-0.15, -0.1) is 0 Å². The van der Waals surface area contributed by atoms with Crippen molar-refractivity contribution in [3.05, 3.63) is 84.5 Å². The number of nitrogens with one attached hydrogen (secondary N) is 1. The van der Waals surface area contributed by atoms with Crippen LogP contribution in [-0.4, -0.2) is 90.4 Å². The Balaban J connectivity index is 1.46. The van der Waals surface area contributed by atoms with Gasteiger partial charge in [0.2, 0.25) is 11.8 Å². The number of allylic oxidation sites excluding steroid dienone is 1. The van der Waals surface area contributed by atoms with Crippen molar-refractivity contribution in [2.45, 2.75) is 56.1 Å². The molecule has 4 heterocycles. The third-order valence-corrected chi connectivity index (χ3v) is 9.28. The SMILES string of the molecule is COc1ccc(N2C/C=C\CCC(=O)NC[C@H](C)OC(=O)[C@@H]3[C@H]4C(=O)N([C@@H](CO)Cc5ccccc5)[C@H](C2=O)[C@]42C=C[C@H]3O2)cc1. The summed E-state index contributed by atoms with van der Waals surface area (Å²) < 4.78 is 17.6. The van der Waals surface area contributed by atoms with Crippen LogP contribution >= 0.6 is 0 Å². The number of hydrogen-bond acceptors (Lipinski definition) is 8. The Labute approximate surface area is 267 Å². The van der Waals surface area contributed by atoms with E-state index < -0.39 is 66.1 Å². The third kappa shape index (κ3) is 5.69. The number of aliphatic hydroxyl groups excluding tert-OH is 1. The lowest BCUT2D eigenvalue weighted by molar-refractivity contribution is -0.159. The molecule has 242 valence electrons. The zero-order valence-electron chi connectivity index (χ0n) is 25.9. The highest BCUT2D eigenvalue weighted by Crippen LogP contribution is 2.56. The fourth-order valence-electron chi connectivity index (χ4n) is 7.10. The first-order valence-corrected chi connectivity index (χ1v) is 15.7. The third-order valence-electron chi connectivity index (χ3n) is 9.28. The quantitative estimate of drug-likeness (QED) is 0.367. The van der Waals surface area contributed by atoms with Crippen molar-refractivity contribution in [1.82, 2.24) is 10.2 Å². The summed E-state index contributed by atoms with van der Waals surface area (Å²) in [5, 5.41) is 13.5. The Morgan fingerprint density at radius 1 is 1.04 bits per heavy atom. The van der Waals surface area contributed by atoms with Crippen LogP contribution < -0.4 is 15.0 Å². The standard InChI is InChI=1S/C35H39N3O8/c1-22-20-36-28(40)11-7-4-8-18-37(24-12-14-26(44-2)15-13-24)33(42)31-35-17-16-27(46-35)29(34(43)45-22)30(35)32(41)38(31)25(21-39)19-23-9-5-3-6-10-23/h3-6,8-10,12-17,22,25,27,29-31,39H,7,11,18-21H2,1-2H3,(H,36,40)/b8-4-/t22-,25+,27+,29-,30-,31+,35-/m0/s1. The number of ether oxygens (including phenoxy) is 3. The normalized spacial score (nSPS) is 31.0. The maximum absolute atomic E-state index is 15.0. The lowest BCUT2D eigenvalue weighted by atomic mass is 9.74. The van der Waals surface area contributed by atoms with Gasteiger partial charge < -0.3 is 34.4 Å². The van der Waals surface area contributed by atoms with E-state index in [0.29, 0.717) is 17.9 Å². The van der Waals surface area contributed by atoms with E-state index in [1.54, 1.807) is 55.4 Å². The van der Waals surface area contributed by atoms with Crippen molar-refractivity contribution in [1.29, 1.82) is 0 Å². The number of carbonyl (C=O) groups is 4. The predicted octanol–water partition coefficient (Wildman–Crippen LogP) is 2.18. The average molecular weight is 630 g/mol. The maximum Gasteiger partial charge on any atom is 0.313 e. The molecule has 11 heteroatoms. The molecule has 4 aliphatic heterocycles. The van der Waals surface area contributed by atoms with Gasteiger partial charge in [-0.3, -0.25) is 19.2 Å². The molecule has 0 radical (unpaired) electrons. The van der Waals surface area contributed by atoms with E-state index in [9.17, 15) is 24.3 Å². The molecule has 1 spiro atoms. The molecule has 46 heavy (non-hydrogen) atoms. The number of amides is 3. The van der Waals surface area contributed by atoms with Crippen LogP contribution in [0.4, 0.5) is 5.69 Å². The molecule has 11 nitrogen and oxygen atoms in total. The Bertz CT molecular complexity index is 1530. The smallest absolute Gasteiger partial charge is 0.313 e. The monoisotopic (exact) mass is 629 g/mol. The van der Waals surface area contributed by atoms with Gasteiger partial charge in [-0.05, 0) is 49.6 Å². The van der Waals surface area contributed by atoms with Crippen molar-refractivity contribution in [3.8, 4) is 5.75 Å². The van der Waals surface area contributed by atoms with Crippen LogP contribution in [0.1, 0.15) is 25.3 Å². The molecule has 0 aromatic heterocycles. The van der Waals surface area contributed by atoms with Crippen LogP contribution in [0.25, 0.3) is 0 Å². The number of likely N-dealkylation sites (tertiary alicyclic amines) is 1. The minimum Gasteiger partial charge on any atom is -0.497 e. The summed E-state index contributed by atoms with van der Waals surface area (Å²) in [4.78, 5) is 58.7. The first-order chi connectivity index (χ1) is 22.3.